The minimum absolute atomic E-state index is 0.191. The molecule has 0 aliphatic carbocycles. The highest BCUT2D eigenvalue weighted by molar-refractivity contribution is 9.10. The van der Waals surface area contributed by atoms with E-state index < -0.39 is 0 Å². The maximum Gasteiger partial charge on any atom is 0.266 e. The summed E-state index contributed by atoms with van der Waals surface area (Å²) in [5, 5.41) is 10.3. The van der Waals surface area contributed by atoms with E-state index in [-0.39, 0.29) is 12.5 Å². The van der Waals surface area contributed by atoms with Crippen molar-refractivity contribution < 1.29 is 9.53 Å². The summed E-state index contributed by atoms with van der Waals surface area (Å²) >= 11 is 16.6. The Kier molecular flexibility index (Phi) is 6.13. The first kappa shape index (κ1) is 19.1. The highest BCUT2D eigenvalue weighted by Crippen LogP contribution is 2.30. The molecular formula is C17H12BrCl2N3O2S. The Hall–Kier alpha value is -1.67. The Balaban J connectivity index is 1.67. The minimum atomic E-state index is -0.278. The predicted molar refractivity (Wildman–Crippen MR) is 108 cm³/mol. The Morgan fingerprint density at radius 3 is 2.65 bits per heavy atom. The summed E-state index contributed by atoms with van der Waals surface area (Å²) in [5.41, 5.74) is 0.930. The molecule has 0 aliphatic rings. The van der Waals surface area contributed by atoms with Crippen LogP contribution in [0.5, 0.6) is 5.75 Å². The van der Waals surface area contributed by atoms with Gasteiger partial charge in [0.2, 0.25) is 5.13 Å². The molecule has 0 fully saturated rings. The van der Waals surface area contributed by atoms with Crippen LogP contribution in [0.3, 0.4) is 0 Å². The molecule has 1 heterocycles. The molecule has 0 unspecified atom stereocenters. The molecule has 3 rings (SSSR count). The van der Waals surface area contributed by atoms with Crippen molar-refractivity contribution in [2.45, 2.75) is 0 Å². The molecule has 0 N–H and O–H groups in total. The number of nitrogens with zero attached hydrogens (tertiary/aromatic N) is 3. The lowest BCUT2D eigenvalue weighted by atomic mass is 10.2. The van der Waals surface area contributed by atoms with Gasteiger partial charge in [-0.25, -0.2) is 0 Å². The van der Waals surface area contributed by atoms with Gasteiger partial charge in [-0.3, -0.25) is 9.69 Å². The van der Waals surface area contributed by atoms with Gasteiger partial charge in [0.15, 0.2) is 6.61 Å². The zero-order valence-corrected chi connectivity index (χ0v) is 17.4. The third-order valence-electron chi connectivity index (χ3n) is 3.41. The Morgan fingerprint density at radius 2 is 1.92 bits per heavy atom. The Labute approximate surface area is 172 Å². The van der Waals surface area contributed by atoms with Crippen LogP contribution < -0.4 is 9.64 Å². The molecule has 0 radical (unpaired) electrons. The number of hydrogen-bond donors (Lipinski definition) is 0. The van der Waals surface area contributed by atoms with E-state index in [1.165, 1.54) is 16.2 Å². The van der Waals surface area contributed by atoms with Gasteiger partial charge in [-0.1, -0.05) is 62.6 Å². The molecule has 5 nitrogen and oxygen atoms in total. The van der Waals surface area contributed by atoms with Crippen LogP contribution in [0, 0.1) is 0 Å². The van der Waals surface area contributed by atoms with Gasteiger partial charge >= 0.3 is 0 Å². The van der Waals surface area contributed by atoms with Crippen LogP contribution in [-0.4, -0.2) is 29.8 Å². The predicted octanol–water partition coefficient (Wildman–Crippen LogP) is 5.32. The average Bonchev–Trinajstić information content (AvgIpc) is 3.12. The van der Waals surface area contributed by atoms with Gasteiger partial charge in [0.1, 0.15) is 10.8 Å². The molecule has 9 heteroatoms. The van der Waals surface area contributed by atoms with Crippen LogP contribution in [0.1, 0.15) is 0 Å². The van der Waals surface area contributed by atoms with E-state index in [1.54, 1.807) is 25.2 Å². The van der Waals surface area contributed by atoms with Crippen molar-refractivity contribution >= 4 is 61.5 Å². The zero-order chi connectivity index (χ0) is 18.7. The van der Waals surface area contributed by atoms with E-state index in [9.17, 15) is 4.79 Å². The second kappa shape index (κ2) is 8.35. The first-order chi connectivity index (χ1) is 12.4. The first-order valence-electron chi connectivity index (χ1n) is 7.38. The fourth-order valence-corrected chi connectivity index (χ4v) is 3.42. The van der Waals surface area contributed by atoms with Crippen LogP contribution in [0.25, 0.3) is 10.6 Å². The second-order valence-electron chi connectivity index (χ2n) is 5.21. The second-order valence-corrected chi connectivity index (χ2v) is 7.93. The Morgan fingerprint density at radius 1 is 1.19 bits per heavy atom. The average molecular weight is 473 g/mol. The van der Waals surface area contributed by atoms with Gasteiger partial charge in [0.25, 0.3) is 5.91 Å². The number of rotatable bonds is 5. The monoisotopic (exact) mass is 471 g/mol. The molecule has 0 bridgehead atoms. The van der Waals surface area contributed by atoms with Gasteiger partial charge in [-0.05, 0) is 24.3 Å². The molecule has 26 heavy (non-hydrogen) atoms. The van der Waals surface area contributed by atoms with Gasteiger partial charge in [0, 0.05) is 28.2 Å². The van der Waals surface area contributed by atoms with Crippen LogP contribution in [0.2, 0.25) is 10.0 Å². The first-order valence-corrected chi connectivity index (χ1v) is 9.74. The Bertz CT molecular complexity index is 934. The number of hydrogen-bond acceptors (Lipinski definition) is 5. The highest BCUT2D eigenvalue weighted by Gasteiger charge is 2.17. The van der Waals surface area contributed by atoms with Gasteiger partial charge < -0.3 is 4.74 Å². The number of carbonyl (C=O) groups is 1. The van der Waals surface area contributed by atoms with E-state index in [1.807, 2.05) is 24.3 Å². The quantitative estimate of drug-likeness (QED) is 0.504. The number of aromatic nitrogens is 2. The molecule has 0 aliphatic heterocycles. The number of ether oxygens (including phenoxy) is 1. The summed E-state index contributed by atoms with van der Waals surface area (Å²) in [5.74, 6) is 0.0771. The number of amides is 1. The third-order valence-corrected chi connectivity index (χ3v) is 5.54. The van der Waals surface area contributed by atoms with Crippen LogP contribution >= 0.6 is 50.5 Å². The topological polar surface area (TPSA) is 55.3 Å². The molecular weight excluding hydrogens is 461 g/mol. The summed E-state index contributed by atoms with van der Waals surface area (Å²) in [7, 11) is 1.62. The largest absolute Gasteiger partial charge is 0.482 e. The molecule has 3 aromatic rings. The summed E-state index contributed by atoms with van der Waals surface area (Å²) in [6.45, 7) is -0.191. The molecule has 0 saturated heterocycles. The molecule has 0 saturated carbocycles. The van der Waals surface area contributed by atoms with Crippen molar-refractivity contribution in [2.24, 2.45) is 0 Å². The highest BCUT2D eigenvalue weighted by atomic mass is 79.9. The number of carbonyl (C=O) groups excluding carboxylic acids is 1. The van der Waals surface area contributed by atoms with E-state index in [0.717, 1.165) is 15.0 Å². The molecule has 134 valence electrons. The normalized spacial score (nSPS) is 10.6. The molecule has 2 aromatic carbocycles. The number of halogens is 3. The van der Waals surface area contributed by atoms with Gasteiger partial charge in [-0.2, -0.15) is 0 Å². The lowest BCUT2D eigenvalue weighted by molar-refractivity contribution is -0.120. The summed E-state index contributed by atoms with van der Waals surface area (Å²) in [6.07, 6.45) is 0. The SMILES string of the molecule is CN(C(=O)COc1cc(Cl)ccc1Cl)c1nnc(-c2ccc(Br)cc2)s1. The number of benzene rings is 2. The van der Waals surface area contributed by atoms with Crippen molar-refractivity contribution in [2.75, 3.05) is 18.6 Å². The van der Waals surface area contributed by atoms with Crippen LogP contribution in [0.15, 0.2) is 46.9 Å². The lowest BCUT2D eigenvalue weighted by Gasteiger charge is -2.14. The standard InChI is InChI=1S/C17H12BrCl2N3O2S/c1-23(15(24)9-25-14-8-12(19)6-7-13(14)20)17-22-21-16(26-17)10-2-4-11(18)5-3-10/h2-8H,9H2,1H3. The van der Waals surface area contributed by atoms with Crippen molar-refractivity contribution in [1.82, 2.24) is 10.2 Å². The summed E-state index contributed by atoms with van der Waals surface area (Å²) < 4.78 is 6.45. The maximum absolute atomic E-state index is 12.4. The molecule has 0 spiro atoms. The summed E-state index contributed by atoms with van der Waals surface area (Å²) in [4.78, 5) is 13.8. The molecule has 1 amide bonds. The number of anilines is 1. The summed E-state index contributed by atoms with van der Waals surface area (Å²) in [6, 6.07) is 12.5. The van der Waals surface area contributed by atoms with Gasteiger partial charge in [0.05, 0.1) is 5.02 Å². The fraction of sp³-hybridized carbons (Fsp3) is 0.118. The maximum atomic E-state index is 12.4. The van der Waals surface area contributed by atoms with E-state index in [4.69, 9.17) is 27.9 Å². The lowest BCUT2D eigenvalue weighted by Crippen LogP contribution is -2.31. The van der Waals surface area contributed by atoms with E-state index >= 15 is 0 Å². The molecule has 0 atom stereocenters. The minimum Gasteiger partial charge on any atom is -0.482 e. The fourth-order valence-electron chi connectivity index (χ4n) is 1.99. The van der Waals surface area contributed by atoms with Crippen molar-refractivity contribution in [1.29, 1.82) is 0 Å². The molecule has 1 aromatic heterocycles. The van der Waals surface area contributed by atoms with Crippen LogP contribution in [-0.2, 0) is 4.79 Å². The van der Waals surface area contributed by atoms with E-state index in [2.05, 4.69) is 26.1 Å². The van der Waals surface area contributed by atoms with Crippen molar-refractivity contribution in [3.05, 3.63) is 57.0 Å². The van der Waals surface area contributed by atoms with Crippen molar-refractivity contribution in [3.63, 3.8) is 0 Å². The smallest absolute Gasteiger partial charge is 0.266 e. The van der Waals surface area contributed by atoms with Gasteiger partial charge in [-0.15, -0.1) is 10.2 Å². The zero-order valence-electron chi connectivity index (χ0n) is 13.4. The van der Waals surface area contributed by atoms with E-state index in [0.29, 0.717) is 20.9 Å². The van der Waals surface area contributed by atoms with Crippen LogP contribution in [0.4, 0.5) is 5.13 Å². The number of likely N-dealkylation sites (N-methyl/N-ethyl adjacent to an activating group) is 1. The third kappa shape index (κ3) is 4.54. The van der Waals surface area contributed by atoms with Crippen molar-refractivity contribution in [3.8, 4) is 16.3 Å².